The molecule has 1 aliphatic heterocycles. The SMILES string of the molecule is CC(C)N(C1CCN(CC(=O)Nc2ccc(C#N)cc2)CC1)S(=O)c1cccc(C(F)(F)F)c1. The van der Waals surface area contributed by atoms with E-state index in [0.29, 0.717) is 37.2 Å². The Morgan fingerprint density at radius 1 is 1.21 bits per heavy atom. The Kier molecular flexibility index (Phi) is 8.47. The number of carbonyl (C=O) groups excluding carboxylic acids is 1. The lowest BCUT2D eigenvalue weighted by atomic mass is 10.0. The second kappa shape index (κ2) is 11.1. The number of piperidine rings is 1. The zero-order valence-electron chi connectivity index (χ0n) is 19.0. The maximum Gasteiger partial charge on any atom is 0.416 e. The predicted molar refractivity (Wildman–Crippen MR) is 124 cm³/mol. The van der Waals surface area contributed by atoms with E-state index in [1.165, 1.54) is 12.1 Å². The van der Waals surface area contributed by atoms with E-state index >= 15 is 0 Å². The second-order valence-electron chi connectivity index (χ2n) is 8.47. The largest absolute Gasteiger partial charge is 0.416 e. The first kappa shape index (κ1) is 25.9. The monoisotopic (exact) mass is 492 g/mol. The Hall–Kier alpha value is -2.74. The van der Waals surface area contributed by atoms with E-state index in [-0.39, 0.29) is 29.4 Å². The molecule has 1 N–H and O–H groups in total. The van der Waals surface area contributed by atoms with Crippen molar-refractivity contribution in [3.05, 3.63) is 59.7 Å². The number of likely N-dealkylation sites (tertiary alicyclic amines) is 1. The zero-order chi connectivity index (χ0) is 24.9. The van der Waals surface area contributed by atoms with Crippen LogP contribution < -0.4 is 5.32 Å². The molecular weight excluding hydrogens is 465 g/mol. The minimum absolute atomic E-state index is 0.0757. The van der Waals surface area contributed by atoms with Crippen LogP contribution in [-0.4, -0.2) is 51.0 Å². The zero-order valence-corrected chi connectivity index (χ0v) is 19.8. The van der Waals surface area contributed by atoms with Crippen LogP contribution in [-0.2, 0) is 22.0 Å². The number of anilines is 1. The number of amides is 1. The molecule has 1 heterocycles. The van der Waals surface area contributed by atoms with Crippen molar-refractivity contribution in [2.75, 3.05) is 25.0 Å². The van der Waals surface area contributed by atoms with E-state index in [2.05, 4.69) is 5.32 Å². The Morgan fingerprint density at radius 2 is 1.85 bits per heavy atom. The molecule has 6 nitrogen and oxygen atoms in total. The fraction of sp³-hybridized carbons (Fsp3) is 0.417. The molecule has 182 valence electrons. The average Bonchev–Trinajstić information content (AvgIpc) is 2.80. The van der Waals surface area contributed by atoms with Gasteiger partial charge in [0.05, 0.1) is 28.6 Å². The number of nitriles is 1. The molecule has 3 rings (SSSR count). The number of halogens is 3. The summed E-state index contributed by atoms with van der Waals surface area (Å²) in [5.41, 5.74) is 0.309. The number of alkyl halides is 3. The third kappa shape index (κ3) is 6.65. The Labute approximate surface area is 199 Å². The van der Waals surface area contributed by atoms with Gasteiger partial charge in [-0.25, -0.2) is 8.51 Å². The summed E-state index contributed by atoms with van der Waals surface area (Å²) in [5.74, 6) is -0.170. The van der Waals surface area contributed by atoms with Gasteiger partial charge >= 0.3 is 6.18 Å². The van der Waals surface area contributed by atoms with Crippen molar-refractivity contribution >= 4 is 22.6 Å². The van der Waals surface area contributed by atoms with Crippen molar-refractivity contribution in [2.45, 2.75) is 49.8 Å². The number of nitrogens with zero attached hydrogens (tertiary/aromatic N) is 3. The van der Waals surface area contributed by atoms with E-state index in [9.17, 15) is 22.2 Å². The average molecular weight is 493 g/mol. The molecule has 1 aliphatic rings. The van der Waals surface area contributed by atoms with Crippen molar-refractivity contribution in [1.82, 2.24) is 9.21 Å². The lowest BCUT2D eigenvalue weighted by molar-refractivity contribution is -0.137. The maximum absolute atomic E-state index is 13.2. The number of hydrogen-bond donors (Lipinski definition) is 1. The van der Waals surface area contributed by atoms with Crippen LogP contribution in [0.2, 0.25) is 0 Å². The third-order valence-corrected chi connectivity index (χ3v) is 7.41. The summed E-state index contributed by atoms with van der Waals surface area (Å²) >= 11 is 0. The molecule has 1 fully saturated rings. The number of nitrogens with one attached hydrogen (secondary N) is 1. The Bertz CT molecular complexity index is 1060. The van der Waals surface area contributed by atoms with Crippen LogP contribution in [0, 0.1) is 11.3 Å². The topological polar surface area (TPSA) is 76.4 Å². The van der Waals surface area contributed by atoms with Crippen LogP contribution >= 0.6 is 0 Å². The van der Waals surface area contributed by atoms with Crippen LogP contribution in [0.5, 0.6) is 0 Å². The van der Waals surface area contributed by atoms with Gasteiger partial charge in [-0.15, -0.1) is 0 Å². The van der Waals surface area contributed by atoms with Crippen molar-refractivity contribution in [2.24, 2.45) is 0 Å². The molecule has 1 atom stereocenters. The Balaban J connectivity index is 1.59. The molecule has 1 amide bonds. The summed E-state index contributed by atoms with van der Waals surface area (Å²) in [4.78, 5) is 14.5. The van der Waals surface area contributed by atoms with Gasteiger partial charge < -0.3 is 5.32 Å². The van der Waals surface area contributed by atoms with E-state index in [1.54, 1.807) is 28.6 Å². The smallest absolute Gasteiger partial charge is 0.325 e. The second-order valence-corrected chi connectivity index (χ2v) is 9.86. The lowest BCUT2D eigenvalue weighted by Crippen LogP contribution is -2.49. The molecule has 2 aromatic carbocycles. The minimum Gasteiger partial charge on any atom is -0.325 e. The molecule has 1 saturated heterocycles. The quantitative estimate of drug-likeness (QED) is 0.621. The normalized spacial score (nSPS) is 16.4. The third-order valence-electron chi connectivity index (χ3n) is 5.65. The highest BCUT2D eigenvalue weighted by Crippen LogP contribution is 2.31. The highest BCUT2D eigenvalue weighted by Gasteiger charge is 2.34. The molecule has 0 radical (unpaired) electrons. The maximum atomic E-state index is 13.2. The van der Waals surface area contributed by atoms with Crippen LogP contribution in [0.15, 0.2) is 53.4 Å². The standard InChI is InChI=1S/C24H27F3N4O2S/c1-17(2)31(34(33)22-5-3-4-19(14-22)24(25,26)27)21-10-12-30(13-11-21)16-23(32)29-20-8-6-18(15-28)7-9-20/h3-9,14,17,21H,10-13,16H2,1-2H3,(H,29,32). The first-order valence-electron chi connectivity index (χ1n) is 11.0. The van der Waals surface area contributed by atoms with Gasteiger partial charge in [-0.1, -0.05) is 6.07 Å². The van der Waals surface area contributed by atoms with Gasteiger partial charge in [-0.3, -0.25) is 9.69 Å². The van der Waals surface area contributed by atoms with Crippen molar-refractivity contribution in [3.63, 3.8) is 0 Å². The summed E-state index contributed by atoms with van der Waals surface area (Å²) in [5, 5.41) is 11.7. The van der Waals surface area contributed by atoms with Crippen LogP contribution in [0.1, 0.15) is 37.8 Å². The first-order chi connectivity index (χ1) is 16.1. The van der Waals surface area contributed by atoms with Crippen LogP contribution in [0.4, 0.5) is 18.9 Å². The van der Waals surface area contributed by atoms with Crippen molar-refractivity contribution in [3.8, 4) is 6.07 Å². The highest BCUT2D eigenvalue weighted by molar-refractivity contribution is 7.82. The molecule has 34 heavy (non-hydrogen) atoms. The Morgan fingerprint density at radius 3 is 2.41 bits per heavy atom. The number of hydrogen-bond acceptors (Lipinski definition) is 4. The number of carbonyl (C=O) groups is 1. The van der Waals surface area contributed by atoms with Gasteiger partial charge in [0.15, 0.2) is 0 Å². The molecule has 0 spiro atoms. The van der Waals surface area contributed by atoms with Gasteiger partial charge in [0.25, 0.3) is 0 Å². The van der Waals surface area contributed by atoms with E-state index in [0.717, 1.165) is 12.1 Å². The van der Waals surface area contributed by atoms with Crippen LogP contribution in [0.3, 0.4) is 0 Å². The van der Waals surface area contributed by atoms with Gasteiger partial charge in [0.1, 0.15) is 11.0 Å². The van der Waals surface area contributed by atoms with Crippen molar-refractivity contribution < 1.29 is 22.2 Å². The fourth-order valence-corrected chi connectivity index (χ4v) is 5.55. The summed E-state index contributed by atoms with van der Waals surface area (Å²) < 4.78 is 54.3. The van der Waals surface area contributed by atoms with Crippen LogP contribution in [0.25, 0.3) is 0 Å². The highest BCUT2D eigenvalue weighted by atomic mass is 32.2. The molecule has 1 unspecified atom stereocenters. The fourth-order valence-electron chi connectivity index (χ4n) is 4.01. The molecule has 0 saturated carbocycles. The summed E-state index contributed by atoms with van der Waals surface area (Å²) in [6.07, 6.45) is -3.20. The van der Waals surface area contributed by atoms with E-state index in [4.69, 9.17) is 5.26 Å². The molecule has 2 aromatic rings. The minimum atomic E-state index is -4.49. The lowest BCUT2D eigenvalue weighted by Gasteiger charge is -2.39. The number of rotatable bonds is 7. The first-order valence-corrected chi connectivity index (χ1v) is 12.1. The molecule has 0 aliphatic carbocycles. The summed E-state index contributed by atoms with van der Waals surface area (Å²) in [7, 11) is -1.73. The summed E-state index contributed by atoms with van der Waals surface area (Å²) in [6, 6.07) is 13.1. The van der Waals surface area contributed by atoms with Gasteiger partial charge in [-0.05, 0) is 69.2 Å². The van der Waals surface area contributed by atoms with E-state index < -0.39 is 22.7 Å². The predicted octanol–water partition coefficient (Wildman–Crippen LogP) is 4.41. The van der Waals surface area contributed by atoms with Gasteiger partial charge in [0, 0.05) is 30.9 Å². The van der Waals surface area contributed by atoms with E-state index in [1.807, 2.05) is 24.8 Å². The van der Waals surface area contributed by atoms with Crippen molar-refractivity contribution in [1.29, 1.82) is 5.26 Å². The molecule has 0 aromatic heterocycles. The molecular formula is C24H27F3N4O2S. The number of benzene rings is 2. The summed E-state index contributed by atoms with van der Waals surface area (Å²) in [6.45, 7) is 5.17. The molecule has 0 bridgehead atoms. The van der Waals surface area contributed by atoms with Gasteiger partial charge in [0.2, 0.25) is 5.91 Å². The molecule has 10 heteroatoms. The van der Waals surface area contributed by atoms with Gasteiger partial charge in [-0.2, -0.15) is 18.4 Å².